The Hall–Kier alpha value is -1.42. The van der Waals surface area contributed by atoms with E-state index >= 15 is 0 Å². The molecule has 0 heterocycles. The highest BCUT2D eigenvalue weighted by molar-refractivity contribution is 5.34. The van der Waals surface area contributed by atoms with Crippen LogP contribution in [0.15, 0.2) is 24.3 Å². The number of benzene rings is 1. The topological polar surface area (TPSA) is 12.0 Å². The van der Waals surface area contributed by atoms with Crippen molar-refractivity contribution >= 4 is 0 Å². The predicted octanol–water partition coefficient (Wildman–Crippen LogP) is 1.85. The quantitative estimate of drug-likeness (QED) is 0.484. The molecular weight excluding hydrogens is 146 g/mol. The van der Waals surface area contributed by atoms with Gasteiger partial charge in [-0.3, -0.25) is 0 Å². The van der Waals surface area contributed by atoms with Gasteiger partial charge in [-0.1, -0.05) is 30.7 Å². The van der Waals surface area contributed by atoms with Gasteiger partial charge in [0.25, 0.3) is 0 Å². The highest BCUT2D eigenvalue weighted by Crippen LogP contribution is 2.30. The maximum atomic E-state index is 5.20. The third kappa shape index (κ3) is 1.06. The molecule has 0 aromatic heterocycles. The molecular formula is C11H11N. The van der Waals surface area contributed by atoms with Crippen molar-refractivity contribution in [3.05, 3.63) is 35.4 Å². The molecule has 12 heavy (non-hydrogen) atoms. The van der Waals surface area contributed by atoms with Crippen molar-refractivity contribution in [1.29, 1.82) is 0 Å². The first kappa shape index (κ1) is 7.24. The SMILES string of the molecule is C#CN[C@@H]1CCc2ccccc21. The normalized spacial score (nSPS) is 19.8. The zero-order valence-electron chi connectivity index (χ0n) is 6.88. The second-order valence-electron chi connectivity index (χ2n) is 3.08. The fraction of sp³-hybridized carbons (Fsp3) is 0.273. The van der Waals surface area contributed by atoms with Crippen LogP contribution in [-0.2, 0) is 6.42 Å². The van der Waals surface area contributed by atoms with Gasteiger partial charge in [0, 0.05) is 6.04 Å². The van der Waals surface area contributed by atoms with Gasteiger partial charge in [0.1, 0.15) is 0 Å². The molecule has 0 bridgehead atoms. The van der Waals surface area contributed by atoms with Gasteiger partial charge in [-0.05, 0) is 24.0 Å². The molecule has 2 rings (SSSR count). The first-order valence-corrected chi connectivity index (χ1v) is 4.21. The van der Waals surface area contributed by atoms with Crippen molar-refractivity contribution in [3.63, 3.8) is 0 Å². The summed E-state index contributed by atoms with van der Waals surface area (Å²) in [7, 11) is 0. The van der Waals surface area contributed by atoms with Crippen LogP contribution in [0.3, 0.4) is 0 Å². The Morgan fingerprint density at radius 1 is 1.42 bits per heavy atom. The molecule has 1 atom stereocenters. The number of hydrogen-bond donors (Lipinski definition) is 1. The fourth-order valence-corrected chi connectivity index (χ4v) is 1.81. The van der Waals surface area contributed by atoms with E-state index in [1.807, 2.05) is 0 Å². The molecule has 1 N–H and O–H groups in total. The van der Waals surface area contributed by atoms with Crippen LogP contribution < -0.4 is 5.32 Å². The molecule has 1 aliphatic rings. The average molecular weight is 157 g/mol. The minimum atomic E-state index is 0.381. The second-order valence-corrected chi connectivity index (χ2v) is 3.08. The summed E-state index contributed by atoms with van der Waals surface area (Å²) in [4.78, 5) is 0. The zero-order valence-corrected chi connectivity index (χ0v) is 6.88. The minimum absolute atomic E-state index is 0.381. The molecule has 0 aliphatic heterocycles. The maximum absolute atomic E-state index is 5.20. The lowest BCUT2D eigenvalue weighted by Gasteiger charge is -2.08. The summed E-state index contributed by atoms with van der Waals surface area (Å²) in [5.74, 6) is 0. The van der Waals surface area contributed by atoms with E-state index < -0.39 is 0 Å². The first-order valence-electron chi connectivity index (χ1n) is 4.21. The molecule has 60 valence electrons. The Labute approximate surface area is 72.8 Å². The fourth-order valence-electron chi connectivity index (χ4n) is 1.81. The average Bonchev–Trinajstić information content (AvgIpc) is 2.50. The summed E-state index contributed by atoms with van der Waals surface area (Å²) >= 11 is 0. The van der Waals surface area contributed by atoms with E-state index in [1.165, 1.54) is 11.1 Å². The Morgan fingerprint density at radius 3 is 3.08 bits per heavy atom. The summed E-state index contributed by atoms with van der Waals surface area (Å²) in [5, 5.41) is 3.03. The highest BCUT2D eigenvalue weighted by atomic mass is 14.9. The Bertz CT molecular complexity index is 322. The summed E-state index contributed by atoms with van der Waals surface area (Å²) in [6.45, 7) is 0. The molecule has 1 aromatic carbocycles. The van der Waals surface area contributed by atoms with Crippen molar-refractivity contribution in [2.45, 2.75) is 18.9 Å². The molecule has 0 saturated carbocycles. The molecule has 0 amide bonds. The van der Waals surface area contributed by atoms with E-state index in [0.717, 1.165) is 12.8 Å². The predicted molar refractivity (Wildman–Crippen MR) is 49.5 cm³/mol. The molecule has 0 spiro atoms. The van der Waals surface area contributed by atoms with Gasteiger partial charge < -0.3 is 5.32 Å². The van der Waals surface area contributed by atoms with Gasteiger partial charge in [0.15, 0.2) is 0 Å². The smallest absolute Gasteiger partial charge is 0.0595 e. The van der Waals surface area contributed by atoms with E-state index in [1.54, 1.807) is 0 Å². The van der Waals surface area contributed by atoms with Crippen LogP contribution in [0, 0.1) is 12.5 Å². The maximum Gasteiger partial charge on any atom is 0.0595 e. The lowest BCUT2D eigenvalue weighted by atomic mass is 10.1. The molecule has 1 nitrogen and oxygen atoms in total. The van der Waals surface area contributed by atoms with Crippen molar-refractivity contribution in [2.24, 2.45) is 0 Å². The number of terminal acetylenes is 1. The largest absolute Gasteiger partial charge is 0.339 e. The van der Waals surface area contributed by atoms with Gasteiger partial charge in [-0.15, -0.1) is 0 Å². The zero-order chi connectivity index (χ0) is 8.39. The number of hydrogen-bond acceptors (Lipinski definition) is 1. The molecule has 0 radical (unpaired) electrons. The Kier molecular flexibility index (Phi) is 1.75. The minimum Gasteiger partial charge on any atom is -0.339 e. The summed E-state index contributed by atoms with van der Waals surface area (Å²) in [5.41, 5.74) is 2.81. The third-order valence-corrected chi connectivity index (χ3v) is 2.39. The van der Waals surface area contributed by atoms with Gasteiger partial charge >= 0.3 is 0 Å². The highest BCUT2D eigenvalue weighted by Gasteiger charge is 2.20. The van der Waals surface area contributed by atoms with Gasteiger partial charge in [-0.2, -0.15) is 0 Å². The van der Waals surface area contributed by atoms with Gasteiger partial charge in [0.05, 0.1) is 6.04 Å². The molecule has 0 fully saturated rings. The van der Waals surface area contributed by atoms with Crippen LogP contribution in [0.5, 0.6) is 0 Å². The van der Waals surface area contributed by atoms with Crippen LogP contribution in [0.2, 0.25) is 0 Å². The lowest BCUT2D eigenvalue weighted by molar-refractivity contribution is 0.631. The first-order chi connectivity index (χ1) is 5.92. The molecule has 1 aromatic rings. The molecule has 1 aliphatic carbocycles. The number of fused-ring (bicyclic) bond motifs is 1. The number of aryl methyl sites for hydroxylation is 1. The van der Waals surface area contributed by atoms with Crippen LogP contribution in [0.4, 0.5) is 0 Å². The van der Waals surface area contributed by atoms with Crippen LogP contribution in [-0.4, -0.2) is 0 Å². The van der Waals surface area contributed by atoms with Gasteiger partial charge in [-0.25, -0.2) is 0 Å². The van der Waals surface area contributed by atoms with Crippen molar-refractivity contribution in [1.82, 2.24) is 5.32 Å². The third-order valence-electron chi connectivity index (χ3n) is 2.39. The molecule has 1 heteroatoms. The Balaban J connectivity index is 2.31. The molecule has 0 saturated heterocycles. The second kappa shape index (κ2) is 2.91. The standard InChI is InChI=1S/C11H11N/c1-2-12-11-8-7-9-5-3-4-6-10(9)11/h1,3-6,11-12H,7-8H2/t11-/m1/s1. The summed E-state index contributed by atoms with van der Waals surface area (Å²) < 4.78 is 0. The van der Waals surface area contributed by atoms with E-state index in [4.69, 9.17) is 6.42 Å². The van der Waals surface area contributed by atoms with Crippen molar-refractivity contribution < 1.29 is 0 Å². The summed E-state index contributed by atoms with van der Waals surface area (Å²) in [6.07, 6.45) is 7.48. The van der Waals surface area contributed by atoms with Crippen LogP contribution in [0.25, 0.3) is 0 Å². The van der Waals surface area contributed by atoms with Crippen LogP contribution in [0.1, 0.15) is 23.6 Å². The van der Waals surface area contributed by atoms with E-state index in [0.29, 0.717) is 6.04 Å². The Morgan fingerprint density at radius 2 is 2.25 bits per heavy atom. The molecule has 0 unspecified atom stereocenters. The van der Waals surface area contributed by atoms with Crippen molar-refractivity contribution in [3.8, 4) is 12.5 Å². The monoisotopic (exact) mass is 157 g/mol. The number of rotatable bonds is 1. The van der Waals surface area contributed by atoms with Gasteiger partial charge in [0.2, 0.25) is 0 Å². The summed E-state index contributed by atoms with van der Waals surface area (Å²) in [6, 6.07) is 11.4. The van der Waals surface area contributed by atoms with E-state index in [2.05, 4.69) is 35.6 Å². The lowest BCUT2D eigenvalue weighted by Crippen LogP contribution is -2.11. The van der Waals surface area contributed by atoms with Crippen LogP contribution >= 0.6 is 0 Å². The van der Waals surface area contributed by atoms with E-state index in [-0.39, 0.29) is 0 Å². The van der Waals surface area contributed by atoms with E-state index in [9.17, 15) is 0 Å². The number of nitrogens with one attached hydrogen (secondary N) is 1. The van der Waals surface area contributed by atoms with Crippen molar-refractivity contribution in [2.75, 3.05) is 0 Å².